The monoisotopic (exact) mass is 444 g/mol. The highest BCUT2D eigenvalue weighted by Crippen LogP contribution is 2.22. The number of carbonyl (C=O) groups excluding carboxylic acids is 2. The van der Waals surface area contributed by atoms with Crippen molar-refractivity contribution in [1.29, 1.82) is 0 Å². The van der Waals surface area contributed by atoms with Crippen LogP contribution in [0.1, 0.15) is 52.0 Å². The topological polar surface area (TPSA) is 97.6 Å². The molecule has 2 heterocycles. The molecule has 0 aliphatic carbocycles. The van der Waals surface area contributed by atoms with Crippen molar-refractivity contribution in [2.24, 2.45) is 5.73 Å². The van der Waals surface area contributed by atoms with E-state index in [-0.39, 0.29) is 5.91 Å². The minimum Gasteiger partial charge on any atom is -0.457 e. The van der Waals surface area contributed by atoms with Crippen LogP contribution in [-0.2, 0) is 6.54 Å². The fourth-order valence-electron chi connectivity index (χ4n) is 3.79. The van der Waals surface area contributed by atoms with Gasteiger partial charge in [0.05, 0.1) is 0 Å². The van der Waals surface area contributed by atoms with Crippen LogP contribution >= 0.6 is 0 Å². The molecular weight excluding hydrogens is 416 g/mol. The summed E-state index contributed by atoms with van der Waals surface area (Å²) < 4.78 is 5.75. The number of hydrogen-bond donors (Lipinski definition) is 2. The molecular formula is C26H28N4O3. The molecule has 0 atom stereocenters. The number of hydrogen-bond acceptors (Lipinski definition) is 5. The Labute approximate surface area is 193 Å². The summed E-state index contributed by atoms with van der Waals surface area (Å²) in [6.07, 6.45) is 6.84. The Hall–Kier alpha value is -3.87. The predicted molar refractivity (Wildman–Crippen MR) is 128 cm³/mol. The van der Waals surface area contributed by atoms with Crippen molar-refractivity contribution in [3.05, 3.63) is 83.6 Å². The summed E-state index contributed by atoms with van der Waals surface area (Å²) in [5, 5.41) is 2.93. The second kappa shape index (κ2) is 10.6. The highest BCUT2D eigenvalue weighted by Gasteiger charge is 2.11. The van der Waals surface area contributed by atoms with Crippen molar-refractivity contribution in [2.45, 2.75) is 32.2 Å². The first-order chi connectivity index (χ1) is 16.1. The Morgan fingerprint density at radius 2 is 1.45 bits per heavy atom. The molecule has 1 saturated heterocycles. The van der Waals surface area contributed by atoms with Gasteiger partial charge in [0.25, 0.3) is 5.91 Å². The van der Waals surface area contributed by atoms with E-state index < -0.39 is 5.91 Å². The third-order valence-electron chi connectivity index (χ3n) is 5.68. The zero-order valence-electron chi connectivity index (χ0n) is 18.5. The first-order valence-electron chi connectivity index (χ1n) is 11.2. The fourth-order valence-corrected chi connectivity index (χ4v) is 3.79. The quantitative estimate of drug-likeness (QED) is 0.567. The molecule has 3 aromatic rings. The minimum atomic E-state index is -0.485. The van der Waals surface area contributed by atoms with Crippen LogP contribution in [0.15, 0.2) is 66.9 Å². The molecule has 7 nitrogen and oxygen atoms in total. The van der Waals surface area contributed by atoms with Gasteiger partial charge in [0.2, 0.25) is 5.91 Å². The first-order valence-corrected chi connectivity index (χ1v) is 11.2. The molecule has 33 heavy (non-hydrogen) atoms. The minimum absolute atomic E-state index is 0.163. The predicted octanol–water partition coefficient (Wildman–Crippen LogP) is 4.28. The lowest BCUT2D eigenvalue weighted by Gasteiger charge is -2.21. The number of amides is 2. The number of primary amides is 1. The largest absolute Gasteiger partial charge is 0.457 e. The van der Waals surface area contributed by atoms with Gasteiger partial charge >= 0.3 is 0 Å². The molecule has 3 N–H and O–H groups in total. The van der Waals surface area contributed by atoms with Gasteiger partial charge in [-0.25, -0.2) is 4.98 Å². The van der Waals surface area contributed by atoms with Gasteiger partial charge in [0, 0.05) is 37.0 Å². The summed E-state index contributed by atoms with van der Waals surface area (Å²) in [5.74, 6) is 1.52. The number of nitrogens with one attached hydrogen (secondary N) is 1. The lowest BCUT2D eigenvalue weighted by Crippen LogP contribution is -2.25. The number of benzene rings is 2. The third-order valence-corrected chi connectivity index (χ3v) is 5.68. The van der Waals surface area contributed by atoms with Crippen LogP contribution in [-0.4, -0.2) is 29.9 Å². The van der Waals surface area contributed by atoms with E-state index in [2.05, 4.69) is 15.2 Å². The molecule has 0 saturated carbocycles. The first kappa shape index (κ1) is 22.3. The highest BCUT2D eigenvalue weighted by molar-refractivity contribution is 5.94. The molecule has 0 unspecified atom stereocenters. The summed E-state index contributed by atoms with van der Waals surface area (Å²) in [5.41, 5.74) is 7.16. The standard InChI is InChI=1S/C26H28N4O3/c27-25(31)20-6-10-22(11-7-20)33-23-12-8-21(9-13-23)26(32)29-18-19-5-14-24(28-17-19)30-15-3-1-2-4-16-30/h5-14,17H,1-4,15-16,18H2,(H2,27,31)(H,29,32). The van der Waals surface area contributed by atoms with E-state index in [1.807, 2.05) is 18.3 Å². The number of anilines is 1. The van der Waals surface area contributed by atoms with E-state index in [0.717, 1.165) is 24.5 Å². The van der Waals surface area contributed by atoms with Gasteiger partial charge < -0.3 is 20.7 Å². The number of nitrogens with two attached hydrogens (primary N) is 1. The van der Waals surface area contributed by atoms with Crippen molar-refractivity contribution in [2.75, 3.05) is 18.0 Å². The Bertz CT molecular complexity index is 1070. The Kier molecular flexibility index (Phi) is 7.19. The lowest BCUT2D eigenvalue weighted by molar-refractivity contribution is 0.0949. The van der Waals surface area contributed by atoms with Crippen molar-refractivity contribution in [3.8, 4) is 11.5 Å². The second-order valence-electron chi connectivity index (χ2n) is 8.12. The summed E-state index contributed by atoms with van der Waals surface area (Å²) in [6.45, 7) is 2.53. The van der Waals surface area contributed by atoms with Gasteiger partial charge in [-0.15, -0.1) is 0 Å². The molecule has 0 spiro atoms. The van der Waals surface area contributed by atoms with E-state index in [0.29, 0.717) is 29.2 Å². The molecule has 2 amide bonds. The molecule has 7 heteroatoms. The molecule has 4 rings (SSSR count). The van der Waals surface area contributed by atoms with Gasteiger partial charge in [-0.3, -0.25) is 9.59 Å². The molecule has 1 aliphatic heterocycles. The number of aromatic nitrogens is 1. The molecule has 1 aliphatic rings. The summed E-state index contributed by atoms with van der Waals surface area (Å²) in [6, 6.07) is 17.5. The van der Waals surface area contributed by atoms with E-state index in [9.17, 15) is 9.59 Å². The van der Waals surface area contributed by atoms with Crippen molar-refractivity contribution in [1.82, 2.24) is 10.3 Å². The number of carbonyl (C=O) groups is 2. The van der Waals surface area contributed by atoms with Crippen LogP contribution in [0.2, 0.25) is 0 Å². The Morgan fingerprint density at radius 1 is 0.848 bits per heavy atom. The van der Waals surface area contributed by atoms with E-state index in [1.54, 1.807) is 48.5 Å². The molecule has 2 aromatic carbocycles. The van der Waals surface area contributed by atoms with Gasteiger partial charge in [-0.05, 0) is 73.0 Å². The maximum absolute atomic E-state index is 12.5. The molecule has 170 valence electrons. The molecule has 0 radical (unpaired) electrons. The van der Waals surface area contributed by atoms with Crippen LogP contribution in [0.5, 0.6) is 11.5 Å². The maximum atomic E-state index is 12.5. The smallest absolute Gasteiger partial charge is 0.251 e. The number of rotatable bonds is 7. The van der Waals surface area contributed by atoms with E-state index in [1.165, 1.54) is 25.7 Å². The lowest BCUT2D eigenvalue weighted by atomic mass is 10.2. The van der Waals surface area contributed by atoms with Gasteiger partial charge in [0.1, 0.15) is 17.3 Å². The summed E-state index contributed by atoms with van der Waals surface area (Å²) >= 11 is 0. The normalized spacial score (nSPS) is 13.8. The molecule has 0 bridgehead atoms. The van der Waals surface area contributed by atoms with Crippen LogP contribution in [0.3, 0.4) is 0 Å². The van der Waals surface area contributed by atoms with E-state index >= 15 is 0 Å². The third kappa shape index (κ3) is 6.10. The zero-order chi connectivity index (χ0) is 23.0. The van der Waals surface area contributed by atoms with Gasteiger partial charge in [-0.2, -0.15) is 0 Å². The number of pyridine rings is 1. The number of nitrogens with zero attached hydrogens (tertiary/aromatic N) is 2. The van der Waals surface area contributed by atoms with Crippen LogP contribution in [0.25, 0.3) is 0 Å². The molecule has 1 aromatic heterocycles. The van der Waals surface area contributed by atoms with Crippen molar-refractivity contribution in [3.63, 3.8) is 0 Å². The summed E-state index contributed by atoms with van der Waals surface area (Å²) in [4.78, 5) is 30.6. The molecule has 1 fully saturated rings. The van der Waals surface area contributed by atoms with Crippen molar-refractivity contribution < 1.29 is 14.3 Å². The fraction of sp³-hybridized carbons (Fsp3) is 0.269. The van der Waals surface area contributed by atoms with Crippen molar-refractivity contribution >= 4 is 17.6 Å². The zero-order valence-corrected chi connectivity index (χ0v) is 18.5. The van der Waals surface area contributed by atoms with Crippen LogP contribution in [0.4, 0.5) is 5.82 Å². The van der Waals surface area contributed by atoms with Crippen LogP contribution in [0, 0.1) is 0 Å². The van der Waals surface area contributed by atoms with E-state index in [4.69, 9.17) is 10.5 Å². The van der Waals surface area contributed by atoms with Gasteiger partial charge in [-0.1, -0.05) is 18.9 Å². The average molecular weight is 445 g/mol. The Balaban J connectivity index is 1.29. The average Bonchev–Trinajstić information content (AvgIpc) is 3.13. The van der Waals surface area contributed by atoms with Crippen LogP contribution < -0.4 is 20.7 Å². The number of ether oxygens (including phenoxy) is 1. The second-order valence-corrected chi connectivity index (χ2v) is 8.12. The SMILES string of the molecule is NC(=O)c1ccc(Oc2ccc(C(=O)NCc3ccc(N4CCCCCC4)nc3)cc2)cc1. The Morgan fingerprint density at radius 3 is 2.00 bits per heavy atom. The highest BCUT2D eigenvalue weighted by atomic mass is 16.5. The van der Waals surface area contributed by atoms with Gasteiger partial charge in [0.15, 0.2) is 0 Å². The maximum Gasteiger partial charge on any atom is 0.251 e. The summed E-state index contributed by atoms with van der Waals surface area (Å²) in [7, 11) is 0.